The minimum atomic E-state index is -0.635. The van der Waals surface area contributed by atoms with E-state index >= 15 is 0 Å². The Labute approximate surface area is 123 Å². The zero-order valence-corrected chi connectivity index (χ0v) is 12.2. The van der Waals surface area contributed by atoms with Gasteiger partial charge in [-0.05, 0) is 49.8 Å². The van der Waals surface area contributed by atoms with Crippen LogP contribution in [0, 0.1) is 18.7 Å². The number of benzene rings is 1. The standard InChI is InChI=1S/C16H19FN2O2/c1-3-12-15(20)18-14(10-5-6-10)16(21)19(12)13-7-4-9(2)8-11(13)17/h4,7-8,10,12,14H,3,5-6H2,1-2H3,(H,18,20). The van der Waals surface area contributed by atoms with E-state index < -0.39 is 17.9 Å². The van der Waals surface area contributed by atoms with Crippen molar-refractivity contribution in [1.82, 2.24) is 5.32 Å². The number of carbonyl (C=O) groups excluding carboxylic acids is 2. The van der Waals surface area contributed by atoms with E-state index in [2.05, 4.69) is 5.32 Å². The highest BCUT2D eigenvalue weighted by Gasteiger charge is 2.47. The highest BCUT2D eigenvalue weighted by Crippen LogP contribution is 2.37. The van der Waals surface area contributed by atoms with E-state index in [1.165, 1.54) is 11.0 Å². The minimum Gasteiger partial charge on any atom is -0.342 e. The monoisotopic (exact) mass is 290 g/mol. The summed E-state index contributed by atoms with van der Waals surface area (Å²) in [5.74, 6) is -0.623. The molecular formula is C16H19FN2O2. The van der Waals surface area contributed by atoms with Crippen LogP contribution in [0.25, 0.3) is 0 Å². The molecule has 1 saturated heterocycles. The van der Waals surface area contributed by atoms with Gasteiger partial charge in [-0.2, -0.15) is 0 Å². The van der Waals surface area contributed by atoms with Crippen molar-refractivity contribution in [2.24, 2.45) is 5.92 Å². The normalized spacial score (nSPS) is 26.0. The number of amides is 2. The quantitative estimate of drug-likeness (QED) is 0.927. The molecule has 2 aliphatic rings. The second kappa shape index (κ2) is 5.13. The number of anilines is 1. The molecule has 2 unspecified atom stereocenters. The summed E-state index contributed by atoms with van der Waals surface area (Å²) in [6.45, 7) is 3.62. The summed E-state index contributed by atoms with van der Waals surface area (Å²) < 4.78 is 14.3. The van der Waals surface area contributed by atoms with E-state index in [9.17, 15) is 14.0 Å². The predicted molar refractivity (Wildman–Crippen MR) is 77.4 cm³/mol. The number of nitrogens with one attached hydrogen (secondary N) is 1. The van der Waals surface area contributed by atoms with Gasteiger partial charge in [0.05, 0.1) is 5.69 Å². The van der Waals surface area contributed by atoms with Crippen LogP contribution >= 0.6 is 0 Å². The largest absolute Gasteiger partial charge is 0.342 e. The summed E-state index contributed by atoms with van der Waals surface area (Å²) in [5, 5.41) is 2.81. The van der Waals surface area contributed by atoms with Crippen molar-refractivity contribution in [3.8, 4) is 0 Å². The minimum absolute atomic E-state index is 0.186. The molecule has 2 atom stereocenters. The zero-order chi connectivity index (χ0) is 15.1. The molecule has 2 amide bonds. The fourth-order valence-electron chi connectivity index (χ4n) is 2.94. The van der Waals surface area contributed by atoms with Gasteiger partial charge in [0, 0.05) is 0 Å². The highest BCUT2D eigenvalue weighted by molar-refractivity contribution is 6.08. The van der Waals surface area contributed by atoms with Crippen molar-refractivity contribution in [1.29, 1.82) is 0 Å². The second-order valence-electron chi connectivity index (χ2n) is 5.91. The number of nitrogens with zero attached hydrogens (tertiary/aromatic N) is 1. The van der Waals surface area contributed by atoms with Gasteiger partial charge in [-0.15, -0.1) is 0 Å². The molecule has 0 aromatic heterocycles. The molecule has 21 heavy (non-hydrogen) atoms. The van der Waals surface area contributed by atoms with Crippen LogP contribution in [0.2, 0.25) is 0 Å². The summed E-state index contributed by atoms with van der Waals surface area (Å²) in [5.41, 5.74) is 0.995. The molecule has 112 valence electrons. The van der Waals surface area contributed by atoms with E-state index in [1.807, 2.05) is 6.92 Å². The maximum Gasteiger partial charge on any atom is 0.250 e. The first kappa shape index (κ1) is 14.0. The van der Waals surface area contributed by atoms with Crippen LogP contribution in [-0.2, 0) is 9.59 Å². The molecule has 0 radical (unpaired) electrons. The number of halogens is 1. The molecule has 3 rings (SSSR count). The average molecular weight is 290 g/mol. The lowest BCUT2D eigenvalue weighted by Crippen LogP contribution is -2.64. The first-order chi connectivity index (χ1) is 10.0. The van der Waals surface area contributed by atoms with E-state index in [0.29, 0.717) is 6.42 Å². The Balaban J connectivity index is 2.01. The third-order valence-electron chi connectivity index (χ3n) is 4.26. The lowest BCUT2D eigenvalue weighted by Gasteiger charge is -2.39. The number of piperazine rings is 1. The molecule has 1 heterocycles. The molecule has 2 fully saturated rings. The number of rotatable bonds is 3. The van der Waals surface area contributed by atoms with E-state index in [0.717, 1.165) is 18.4 Å². The third-order valence-corrected chi connectivity index (χ3v) is 4.26. The number of hydrogen-bond acceptors (Lipinski definition) is 2. The summed E-state index contributed by atoms with van der Waals surface area (Å²) in [4.78, 5) is 26.3. The molecule has 1 aromatic carbocycles. The summed E-state index contributed by atoms with van der Waals surface area (Å²) in [6, 6.07) is 3.62. The van der Waals surface area contributed by atoms with Gasteiger partial charge in [0.2, 0.25) is 5.91 Å². The number of carbonyl (C=O) groups is 2. The average Bonchev–Trinajstić information content (AvgIpc) is 3.26. The maximum absolute atomic E-state index is 14.3. The Morgan fingerprint density at radius 2 is 2.05 bits per heavy atom. The highest BCUT2D eigenvalue weighted by atomic mass is 19.1. The molecule has 1 N–H and O–H groups in total. The van der Waals surface area contributed by atoms with Crippen LogP contribution in [0.4, 0.5) is 10.1 Å². The van der Waals surface area contributed by atoms with E-state index in [-0.39, 0.29) is 23.4 Å². The van der Waals surface area contributed by atoms with Crippen LogP contribution in [0.1, 0.15) is 31.7 Å². The molecule has 5 heteroatoms. The van der Waals surface area contributed by atoms with Gasteiger partial charge >= 0.3 is 0 Å². The molecular weight excluding hydrogens is 271 g/mol. The lowest BCUT2D eigenvalue weighted by atomic mass is 10.0. The van der Waals surface area contributed by atoms with Gasteiger partial charge in [-0.3, -0.25) is 14.5 Å². The number of aryl methyl sites for hydroxylation is 1. The van der Waals surface area contributed by atoms with Crippen LogP contribution in [0.3, 0.4) is 0 Å². The molecule has 1 saturated carbocycles. The fraction of sp³-hybridized carbons (Fsp3) is 0.500. The van der Waals surface area contributed by atoms with E-state index in [1.54, 1.807) is 19.1 Å². The van der Waals surface area contributed by atoms with Crippen molar-refractivity contribution >= 4 is 17.5 Å². The summed E-state index contributed by atoms with van der Waals surface area (Å²) in [6.07, 6.45) is 2.34. The fourth-order valence-corrected chi connectivity index (χ4v) is 2.94. The van der Waals surface area contributed by atoms with E-state index in [4.69, 9.17) is 0 Å². The lowest BCUT2D eigenvalue weighted by molar-refractivity contribution is -0.134. The van der Waals surface area contributed by atoms with Crippen LogP contribution in [0.5, 0.6) is 0 Å². The van der Waals surface area contributed by atoms with Crippen molar-refractivity contribution in [3.05, 3.63) is 29.6 Å². The first-order valence-electron chi connectivity index (χ1n) is 7.42. The Morgan fingerprint density at radius 3 is 2.62 bits per heavy atom. The first-order valence-corrected chi connectivity index (χ1v) is 7.42. The van der Waals surface area contributed by atoms with Gasteiger partial charge in [0.1, 0.15) is 17.9 Å². The van der Waals surface area contributed by atoms with Crippen LogP contribution in [0.15, 0.2) is 18.2 Å². The summed E-state index contributed by atoms with van der Waals surface area (Å²) in [7, 11) is 0. The number of hydrogen-bond donors (Lipinski definition) is 1. The van der Waals surface area contributed by atoms with Gasteiger partial charge < -0.3 is 5.32 Å². The van der Waals surface area contributed by atoms with Gasteiger partial charge in [-0.25, -0.2) is 4.39 Å². The second-order valence-corrected chi connectivity index (χ2v) is 5.91. The maximum atomic E-state index is 14.3. The SMILES string of the molecule is CCC1C(=O)NC(C2CC2)C(=O)N1c1ccc(C)cc1F. The predicted octanol–water partition coefficient (Wildman–Crippen LogP) is 2.15. The van der Waals surface area contributed by atoms with Crippen molar-refractivity contribution in [3.63, 3.8) is 0 Å². The smallest absolute Gasteiger partial charge is 0.250 e. The Bertz CT molecular complexity index is 598. The molecule has 1 aromatic rings. The van der Waals surface area contributed by atoms with Crippen molar-refractivity contribution < 1.29 is 14.0 Å². The third kappa shape index (κ3) is 2.41. The molecule has 4 nitrogen and oxygen atoms in total. The molecule has 0 spiro atoms. The van der Waals surface area contributed by atoms with Crippen LogP contribution in [-0.4, -0.2) is 23.9 Å². The van der Waals surface area contributed by atoms with Gasteiger partial charge in [-0.1, -0.05) is 13.0 Å². The summed E-state index contributed by atoms with van der Waals surface area (Å²) >= 11 is 0. The Kier molecular flexibility index (Phi) is 3.43. The van der Waals surface area contributed by atoms with Crippen LogP contribution < -0.4 is 10.2 Å². The molecule has 0 bridgehead atoms. The molecule has 1 aliphatic heterocycles. The Morgan fingerprint density at radius 1 is 1.33 bits per heavy atom. The van der Waals surface area contributed by atoms with Gasteiger partial charge in [0.25, 0.3) is 5.91 Å². The van der Waals surface area contributed by atoms with Gasteiger partial charge in [0.15, 0.2) is 0 Å². The van der Waals surface area contributed by atoms with Crippen molar-refractivity contribution in [2.45, 2.75) is 45.2 Å². The van der Waals surface area contributed by atoms with Crippen molar-refractivity contribution in [2.75, 3.05) is 4.90 Å². The topological polar surface area (TPSA) is 49.4 Å². The Hall–Kier alpha value is -1.91. The zero-order valence-electron chi connectivity index (χ0n) is 12.2. The molecule has 1 aliphatic carbocycles.